The van der Waals surface area contributed by atoms with Crippen LogP contribution in [0.1, 0.15) is 0 Å². The topological polar surface area (TPSA) is 64.9 Å². The number of nitrogen functional groups attached to an aromatic ring is 1. The van der Waals surface area contributed by atoms with E-state index in [1.54, 1.807) is 12.1 Å². The third kappa shape index (κ3) is 2.32. The average Bonchev–Trinajstić information content (AvgIpc) is 3.03. The van der Waals surface area contributed by atoms with E-state index in [1.165, 1.54) is 11.3 Å². The summed E-state index contributed by atoms with van der Waals surface area (Å²) < 4.78 is 5.21. The minimum absolute atomic E-state index is 0.297. The second kappa shape index (κ2) is 4.85. The summed E-state index contributed by atoms with van der Waals surface area (Å²) in [6, 6.07) is 7.04. The van der Waals surface area contributed by atoms with E-state index in [9.17, 15) is 0 Å². The highest BCUT2D eigenvalue weighted by atomic mass is 35.5. The fourth-order valence-electron chi connectivity index (χ4n) is 1.60. The number of hydrogen-bond donors (Lipinski definition) is 1. The highest BCUT2D eigenvalue weighted by Crippen LogP contribution is 2.35. The van der Waals surface area contributed by atoms with Gasteiger partial charge in [-0.2, -0.15) is 4.98 Å². The Labute approximate surface area is 122 Å². The molecule has 96 valence electrons. The van der Waals surface area contributed by atoms with Gasteiger partial charge in [-0.15, -0.1) is 11.3 Å². The molecule has 0 unspecified atom stereocenters. The fraction of sp³-hybridized carbons (Fsp3) is 0. The van der Waals surface area contributed by atoms with Crippen molar-refractivity contribution in [2.45, 2.75) is 0 Å². The van der Waals surface area contributed by atoms with Gasteiger partial charge in [0.1, 0.15) is 0 Å². The van der Waals surface area contributed by atoms with Crippen molar-refractivity contribution >= 4 is 40.2 Å². The molecule has 0 amide bonds. The Kier molecular flexibility index (Phi) is 3.18. The van der Waals surface area contributed by atoms with Crippen molar-refractivity contribution in [3.63, 3.8) is 0 Å². The number of halogens is 2. The number of aromatic nitrogens is 2. The molecule has 7 heteroatoms. The van der Waals surface area contributed by atoms with Crippen molar-refractivity contribution < 1.29 is 4.52 Å². The number of anilines is 1. The van der Waals surface area contributed by atoms with Crippen LogP contribution in [0.4, 0.5) is 5.69 Å². The van der Waals surface area contributed by atoms with Crippen LogP contribution in [0.3, 0.4) is 0 Å². The third-order valence-electron chi connectivity index (χ3n) is 2.49. The van der Waals surface area contributed by atoms with E-state index in [0.717, 1.165) is 4.88 Å². The lowest BCUT2D eigenvalue weighted by Crippen LogP contribution is -1.91. The Morgan fingerprint density at radius 2 is 2.11 bits per heavy atom. The van der Waals surface area contributed by atoms with Gasteiger partial charge in [-0.05, 0) is 23.6 Å². The second-order valence-electron chi connectivity index (χ2n) is 3.75. The van der Waals surface area contributed by atoms with E-state index in [-0.39, 0.29) is 0 Å². The quantitative estimate of drug-likeness (QED) is 0.714. The van der Waals surface area contributed by atoms with Gasteiger partial charge in [-0.25, -0.2) is 0 Å². The van der Waals surface area contributed by atoms with Gasteiger partial charge < -0.3 is 10.3 Å². The van der Waals surface area contributed by atoms with Gasteiger partial charge in [-0.3, -0.25) is 0 Å². The summed E-state index contributed by atoms with van der Waals surface area (Å²) in [6.45, 7) is 0. The molecule has 1 aromatic carbocycles. The first-order valence-corrected chi connectivity index (χ1v) is 6.91. The van der Waals surface area contributed by atoms with Crippen molar-refractivity contribution in [1.29, 1.82) is 0 Å². The van der Waals surface area contributed by atoms with E-state index in [4.69, 9.17) is 33.5 Å². The standard InChI is InChI=1S/C12H7Cl2N3OS/c13-6-4-7(10(15)8(14)5-6)12-16-11(17-18-12)9-2-1-3-19-9/h1-5H,15H2. The largest absolute Gasteiger partial charge is 0.397 e. The molecular formula is C12H7Cl2N3OS. The van der Waals surface area contributed by atoms with Crippen LogP contribution in [0.2, 0.25) is 10.0 Å². The Morgan fingerprint density at radius 3 is 2.84 bits per heavy atom. The Balaban J connectivity index is 2.09. The summed E-state index contributed by atoms with van der Waals surface area (Å²) in [7, 11) is 0. The van der Waals surface area contributed by atoms with E-state index >= 15 is 0 Å². The van der Waals surface area contributed by atoms with Gasteiger partial charge in [0.25, 0.3) is 5.89 Å². The predicted molar refractivity (Wildman–Crippen MR) is 77.5 cm³/mol. The highest BCUT2D eigenvalue weighted by molar-refractivity contribution is 7.13. The summed E-state index contributed by atoms with van der Waals surface area (Å²) in [6.07, 6.45) is 0. The first kappa shape index (κ1) is 12.5. The number of nitrogens with two attached hydrogens (primary N) is 1. The molecule has 0 bridgehead atoms. The molecule has 0 atom stereocenters. The van der Waals surface area contributed by atoms with Crippen LogP contribution in [0.15, 0.2) is 34.2 Å². The van der Waals surface area contributed by atoms with Gasteiger partial charge in [0.2, 0.25) is 5.82 Å². The van der Waals surface area contributed by atoms with E-state index < -0.39 is 0 Å². The fourth-order valence-corrected chi connectivity index (χ4v) is 2.74. The van der Waals surface area contributed by atoms with Gasteiger partial charge in [0.05, 0.1) is 21.2 Å². The molecule has 3 rings (SSSR count). The van der Waals surface area contributed by atoms with Crippen LogP contribution in [0.25, 0.3) is 22.2 Å². The maximum atomic E-state index is 5.98. The Bertz CT molecular complexity index is 725. The molecular weight excluding hydrogens is 305 g/mol. The Hall–Kier alpha value is -1.56. The molecule has 2 heterocycles. The minimum Gasteiger partial charge on any atom is -0.397 e. The number of nitrogens with zero attached hydrogens (tertiary/aromatic N) is 2. The summed E-state index contributed by atoms with van der Waals surface area (Å²) >= 11 is 13.5. The number of thiophene rings is 1. The summed E-state index contributed by atoms with van der Waals surface area (Å²) in [5, 5.41) is 6.68. The maximum absolute atomic E-state index is 5.98. The van der Waals surface area contributed by atoms with Crippen LogP contribution < -0.4 is 5.73 Å². The van der Waals surface area contributed by atoms with Crippen molar-refractivity contribution in [2.24, 2.45) is 0 Å². The predicted octanol–water partition coefficient (Wildman–Crippen LogP) is 4.35. The number of hydrogen-bond acceptors (Lipinski definition) is 5. The number of benzene rings is 1. The third-order valence-corrected chi connectivity index (χ3v) is 3.89. The first-order valence-electron chi connectivity index (χ1n) is 5.27. The molecule has 0 spiro atoms. The van der Waals surface area contributed by atoms with Gasteiger partial charge in [-0.1, -0.05) is 34.4 Å². The molecule has 2 N–H and O–H groups in total. The Morgan fingerprint density at radius 1 is 1.26 bits per heavy atom. The molecule has 0 saturated carbocycles. The summed E-state index contributed by atoms with van der Waals surface area (Å²) in [5.41, 5.74) is 6.80. The van der Waals surface area contributed by atoms with Crippen molar-refractivity contribution in [2.75, 3.05) is 5.73 Å². The normalized spacial score (nSPS) is 10.8. The van der Waals surface area contributed by atoms with E-state index in [1.807, 2.05) is 17.5 Å². The van der Waals surface area contributed by atoms with Crippen LogP contribution in [-0.4, -0.2) is 10.1 Å². The molecule has 0 aliphatic heterocycles. The van der Waals surface area contributed by atoms with Gasteiger partial charge in [0, 0.05) is 5.02 Å². The molecule has 3 aromatic rings. The molecule has 0 fully saturated rings. The zero-order valence-electron chi connectivity index (χ0n) is 9.43. The highest BCUT2D eigenvalue weighted by Gasteiger charge is 2.16. The van der Waals surface area contributed by atoms with Crippen molar-refractivity contribution in [3.8, 4) is 22.2 Å². The molecule has 2 aromatic heterocycles. The van der Waals surface area contributed by atoms with E-state index in [0.29, 0.717) is 33.0 Å². The van der Waals surface area contributed by atoms with Crippen LogP contribution in [-0.2, 0) is 0 Å². The van der Waals surface area contributed by atoms with Crippen LogP contribution >= 0.6 is 34.5 Å². The van der Waals surface area contributed by atoms with Crippen LogP contribution in [0, 0.1) is 0 Å². The zero-order chi connectivity index (χ0) is 13.4. The molecule has 4 nitrogen and oxygen atoms in total. The molecule has 0 aliphatic rings. The lowest BCUT2D eigenvalue weighted by Gasteiger charge is -2.03. The molecule has 0 aliphatic carbocycles. The summed E-state index contributed by atoms with van der Waals surface area (Å²) in [5.74, 6) is 0.811. The number of rotatable bonds is 2. The smallest absolute Gasteiger partial charge is 0.260 e. The van der Waals surface area contributed by atoms with Gasteiger partial charge >= 0.3 is 0 Å². The monoisotopic (exact) mass is 311 g/mol. The molecule has 0 saturated heterocycles. The molecule has 19 heavy (non-hydrogen) atoms. The lowest BCUT2D eigenvalue weighted by molar-refractivity contribution is 0.432. The summed E-state index contributed by atoms with van der Waals surface area (Å²) in [4.78, 5) is 5.22. The molecule has 0 radical (unpaired) electrons. The lowest BCUT2D eigenvalue weighted by atomic mass is 10.2. The van der Waals surface area contributed by atoms with Gasteiger partial charge in [0.15, 0.2) is 0 Å². The van der Waals surface area contributed by atoms with Crippen LogP contribution in [0.5, 0.6) is 0 Å². The SMILES string of the molecule is Nc1c(Cl)cc(Cl)cc1-c1nc(-c2cccs2)no1. The zero-order valence-corrected chi connectivity index (χ0v) is 11.8. The van der Waals surface area contributed by atoms with E-state index in [2.05, 4.69) is 10.1 Å². The van der Waals surface area contributed by atoms with Crippen molar-refractivity contribution in [3.05, 3.63) is 39.7 Å². The first-order chi connectivity index (χ1) is 9.15. The average molecular weight is 312 g/mol. The van der Waals surface area contributed by atoms with Crippen molar-refractivity contribution in [1.82, 2.24) is 10.1 Å². The second-order valence-corrected chi connectivity index (χ2v) is 5.54. The maximum Gasteiger partial charge on any atom is 0.260 e. The minimum atomic E-state index is 0.297.